The Hall–Kier alpha value is -3.55. The number of anilines is 1. The van der Waals surface area contributed by atoms with Crippen molar-refractivity contribution in [1.82, 2.24) is 14.7 Å². The van der Waals surface area contributed by atoms with Crippen LogP contribution in [0.5, 0.6) is 0 Å². The number of nitrogens with zero attached hydrogens (tertiary/aromatic N) is 3. The number of amides is 2. The summed E-state index contributed by atoms with van der Waals surface area (Å²) >= 11 is 0. The highest BCUT2D eigenvalue weighted by Gasteiger charge is 2.34. The number of carbonyl (C=O) groups excluding carboxylic acids is 2. The lowest BCUT2D eigenvalue weighted by atomic mass is 10.1. The van der Waals surface area contributed by atoms with Crippen molar-refractivity contribution < 1.29 is 18.4 Å². The van der Waals surface area contributed by atoms with Crippen molar-refractivity contribution in [2.75, 3.05) is 18.4 Å². The molecule has 0 radical (unpaired) electrons. The molecular formula is C23H22F2N4O2. The number of benzene rings is 2. The predicted molar refractivity (Wildman–Crippen MR) is 112 cm³/mol. The van der Waals surface area contributed by atoms with Gasteiger partial charge in [0.2, 0.25) is 5.91 Å². The molecule has 2 aromatic carbocycles. The molecule has 0 spiro atoms. The van der Waals surface area contributed by atoms with E-state index in [1.807, 2.05) is 30.3 Å². The molecule has 1 heterocycles. The molecule has 1 saturated carbocycles. The molecule has 0 saturated heterocycles. The number of rotatable bonds is 7. The van der Waals surface area contributed by atoms with Crippen LogP contribution in [0.2, 0.25) is 0 Å². The fourth-order valence-corrected chi connectivity index (χ4v) is 3.51. The summed E-state index contributed by atoms with van der Waals surface area (Å²) in [6.45, 7) is 1.67. The highest BCUT2D eigenvalue weighted by molar-refractivity contribution is 6.00. The second-order valence-corrected chi connectivity index (χ2v) is 7.43. The number of nitrogens with one attached hydrogen (secondary N) is 1. The van der Waals surface area contributed by atoms with Gasteiger partial charge in [-0.1, -0.05) is 24.3 Å². The van der Waals surface area contributed by atoms with Gasteiger partial charge in [-0.25, -0.2) is 13.5 Å². The third-order valence-corrected chi connectivity index (χ3v) is 5.23. The molecule has 1 N–H and O–H groups in total. The summed E-state index contributed by atoms with van der Waals surface area (Å²) in [4.78, 5) is 27.0. The van der Waals surface area contributed by atoms with Crippen molar-refractivity contribution in [3.63, 3.8) is 0 Å². The minimum Gasteiger partial charge on any atom is -0.329 e. The van der Waals surface area contributed by atoms with E-state index in [1.54, 1.807) is 11.6 Å². The van der Waals surface area contributed by atoms with Gasteiger partial charge in [-0.3, -0.25) is 9.59 Å². The molecule has 31 heavy (non-hydrogen) atoms. The maximum atomic E-state index is 13.8. The zero-order chi connectivity index (χ0) is 22.0. The Morgan fingerprint density at radius 3 is 2.39 bits per heavy atom. The highest BCUT2D eigenvalue weighted by atomic mass is 19.1. The first-order chi connectivity index (χ1) is 15.0. The summed E-state index contributed by atoms with van der Waals surface area (Å²) in [5.74, 6) is -2.52. The molecule has 1 fully saturated rings. The second-order valence-electron chi connectivity index (χ2n) is 7.43. The first kappa shape index (κ1) is 20.7. The van der Waals surface area contributed by atoms with Crippen LogP contribution in [0.1, 0.15) is 41.7 Å². The zero-order valence-corrected chi connectivity index (χ0v) is 17.0. The van der Waals surface area contributed by atoms with E-state index >= 15 is 0 Å². The third-order valence-electron chi connectivity index (χ3n) is 5.23. The van der Waals surface area contributed by atoms with Gasteiger partial charge in [0, 0.05) is 12.5 Å². The van der Waals surface area contributed by atoms with E-state index in [4.69, 9.17) is 0 Å². The van der Waals surface area contributed by atoms with Crippen LogP contribution in [0.4, 0.5) is 14.5 Å². The Morgan fingerprint density at radius 2 is 1.77 bits per heavy atom. The SMILES string of the molecule is CCN(CC(=O)Nc1c(F)cccc1F)C(=O)c1cnn(-c2ccccc2)c1C1CC1. The lowest BCUT2D eigenvalue weighted by Crippen LogP contribution is -2.38. The Balaban J connectivity index is 1.55. The molecule has 0 atom stereocenters. The monoisotopic (exact) mass is 424 g/mol. The van der Waals surface area contributed by atoms with E-state index in [-0.39, 0.29) is 24.9 Å². The number of carbonyl (C=O) groups is 2. The topological polar surface area (TPSA) is 67.2 Å². The molecule has 6 nitrogen and oxygen atoms in total. The maximum Gasteiger partial charge on any atom is 0.257 e. The van der Waals surface area contributed by atoms with Gasteiger partial charge in [0.1, 0.15) is 23.9 Å². The molecule has 1 aliphatic rings. The van der Waals surface area contributed by atoms with Crippen molar-refractivity contribution in [3.8, 4) is 5.69 Å². The van der Waals surface area contributed by atoms with E-state index in [9.17, 15) is 18.4 Å². The van der Waals surface area contributed by atoms with Crippen molar-refractivity contribution in [1.29, 1.82) is 0 Å². The average Bonchev–Trinajstić information content (AvgIpc) is 3.52. The Morgan fingerprint density at radius 1 is 1.10 bits per heavy atom. The number of aromatic nitrogens is 2. The van der Waals surface area contributed by atoms with Gasteiger partial charge in [-0.05, 0) is 44.0 Å². The van der Waals surface area contributed by atoms with Crippen LogP contribution in [0.3, 0.4) is 0 Å². The van der Waals surface area contributed by atoms with Gasteiger partial charge in [0.05, 0.1) is 23.1 Å². The molecule has 4 rings (SSSR count). The van der Waals surface area contributed by atoms with Crippen LogP contribution >= 0.6 is 0 Å². The maximum absolute atomic E-state index is 13.8. The smallest absolute Gasteiger partial charge is 0.257 e. The van der Waals surface area contributed by atoms with Crippen LogP contribution in [-0.2, 0) is 4.79 Å². The number of likely N-dealkylation sites (N-methyl/N-ethyl adjacent to an activating group) is 1. The molecule has 2 amide bonds. The summed E-state index contributed by atoms with van der Waals surface area (Å²) in [5.41, 5.74) is 1.61. The largest absolute Gasteiger partial charge is 0.329 e. The Kier molecular flexibility index (Phi) is 5.79. The minimum absolute atomic E-state index is 0.238. The summed E-state index contributed by atoms with van der Waals surface area (Å²) in [5, 5.41) is 6.65. The minimum atomic E-state index is -0.872. The highest BCUT2D eigenvalue weighted by Crippen LogP contribution is 2.42. The molecule has 8 heteroatoms. The van der Waals surface area contributed by atoms with E-state index in [0.717, 1.165) is 36.4 Å². The van der Waals surface area contributed by atoms with Gasteiger partial charge < -0.3 is 10.2 Å². The van der Waals surface area contributed by atoms with E-state index in [2.05, 4.69) is 10.4 Å². The van der Waals surface area contributed by atoms with Crippen molar-refractivity contribution in [2.24, 2.45) is 0 Å². The molecule has 1 aliphatic carbocycles. The van der Waals surface area contributed by atoms with Gasteiger partial charge in [0.25, 0.3) is 5.91 Å². The van der Waals surface area contributed by atoms with E-state index in [0.29, 0.717) is 5.56 Å². The van der Waals surface area contributed by atoms with Crippen molar-refractivity contribution in [2.45, 2.75) is 25.7 Å². The number of hydrogen-bond donors (Lipinski definition) is 1. The lowest BCUT2D eigenvalue weighted by molar-refractivity contribution is -0.116. The Bertz CT molecular complexity index is 1090. The fourth-order valence-electron chi connectivity index (χ4n) is 3.51. The molecule has 0 aliphatic heterocycles. The van der Waals surface area contributed by atoms with Gasteiger partial charge >= 0.3 is 0 Å². The zero-order valence-electron chi connectivity index (χ0n) is 17.0. The fraction of sp³-hybridized carbons (Fsp3) is 0.261. The van der Waals surface area contributed by atoms with E-state index in [1.165, 1.54) is 17.2 Å². The number of hydrogen-bond acceptors (Lipinski definition) is 3. The quantitative estimate of drug-likeness (QED) is 0.620. The van der Waals surface area contributed by atoms with Gasteiger partial charge in [-0.2, -0.15) is 5.10 Å². The summed E-state index contributed by atoms with van der Waals surface area (Å²) in [7, 11) is 0. The second kappa shape index (κ2) is 8.67. The van der Waals surface area contributed by atoms with E-state index < -0.39 is 23.2 Å². The summed E-state index contributed by atoms with van der Waals surface area (Å²) in [6, 6.07) is 12.9. The normalized spacial score (nSPS) is 13.1. The Labute approximate surface area is 178 Å². The molecule has 0 bridgehead atoms. The molecule has 0 unspecified atom stereocenters. The first-order valence-electron chi connectivity index (χ1n) is 10.2. The van der Waals surface area contributed by atoms with Crippen LogP contribution in [0.25, 0.3) is 5.69 Å². The van der Waals surface area contributed by atoms with Crippen LogP contribution in [-0.4, -0.2) is 39.6 Å². The summed E-state index contributed by atoms with van der Waals surface area (Å²) < 4.78 is 29.4. The first-order valence-corrected chi connectivity index (χ1v) is 10.2. The van der Waals surface area contributed by atoms with Crippen LogP contribution in [0.15, 0.2) is 54.7 Å². The molecule has 160 valence electrons. The number of halogens is 2. The third kappa shape index (κ3) is 4.33. The van der Waals surface area contributed by atoms with Gasteiger partial charge in [0.15, 0.2) is 0 Å². The summed E-state index contributed by atoms with van der Waals surface area (Å²) in [6.07, 6.45) is 3.47. The lowest BCUT2D eigenvalue weighted by Gasteiger charge is -2.21. The van der Waals surface area contributed by atoms with Gasteiger partial charge in [-0.15, -0.1) is 0 Å². The van der Waals surface area contributed by atoms with Crippen LogP contribution < -0.4 is 5.32 Å². The number of para-hydroxylation sites is 2. The van der Waals surface area contributed by atoms with Crippen LogP contribution in [0, 0.1) is 11.6 Å². The molecular weight excluding hydrogens is 402 g/mol. The molecule has 3 aromatic rings. The predicted octanol–water partition coefficient (Wildman–Crippen LogP) is 4.13. The van der Waals surface area contributed by atoms with Crippen molar-refractivity contribution in [3.05, 3.63) is 77.6 Å². The standard InChI is InChI=1S/C23H22F2N4O2/c1-2-28(14-20(30)27-21-18(24)9-6-10-19(21)25)23(31)17-13-26-29(22(17)15-11-12-15)16-7-4-3-5-8-16/h3-10,13,15H,2,11-12,14H2,1H3,(H,27,30). The molecule has 1 aromatic heterocycles. The average molecular weight is 424 g/mol. The van der Waals surface area contributed by atoms with Crippen molar-refractivity contribution >= 4 is 17.5 Å².